The topological polar surface area (TPSA) is 79.5 Å². The summed E-state index contributed by atoms with van der Waals surface area (Å²) in [6, 6.07) is 3.43. The maximum Gasteiger partial charge on any atom is 0.573 e. The third kappa shape index (κ3) is 3.59. The number of methoxy groups -OCH3 is 1. The minimum absolute atomic E-state index is 0.0893. The average Bonchev–Trinajstić information content (AvgIpc) is 2.36. The highest BCUT2D eigenvalue weighted by Gasteiger charge is 2.35. The number of nitriles is 1. The van der Waals surface area contributed by atoms with Crippen LogP contribution in [0.25, 0.3) is 0 Å². The normalized spacial score (nSPS) is 10.7. The summed E-state index contributed by atoms with van der Waals surface area (Å²) >= 11 is 0. The molecule has 0 fully saturated rings. The fraction of sp³-hybridized carbons (Fsp3) is 0.273. The van der Waals surface area contributed by atoms with Gasteiger partial charge in [-0.2, -0.15) is 5.26 Å². The van der Waals surface area contributed by atoms with E-state index < -0.39 is 35.8 Å². The Morgan fingerprint density at radius 3 is 2.53 bits per heavy atom. The first-order valence-corrected chi connectivity index (χ1v) is 4.84. The van der Waals surface area contributed by atoms with Crippen LogP contribution in [-0.2, 0) is 11.3 Å². The van der Waals surface area contributed by atoms with Gasteiger partial charge in [0.25, 0.3) is 0 Å². The van der Waals surface area contributed by atoms with Crippen molar-refractivity contribution in [2.24, 2.45) is 0 Å². The maximum atomic E-state index is 12.3. The number of aliphatic hydroxyl groups is 1. The fourth-order valence-corrected chi connectivity index (χ4v) is 1.35. The number of carbonyl (C=O) groups is 1. The van der Waals surface area contributed by atoms with Crippen molar-refractivity contribution in [3.63, 3.8) is 0 Å². The number of nitrogens with zero attached hydrogens (tertiary/aromatic N) is 1. The summed E-state index contributed by atoms with van der Waals surface area (Å²) in [5.74, 6) is -2.05. The molecule has 0 unspecified atom stereocenters. The number of ether oxygens (including phenoxy) is 2. The highest BCUT2D eigenvalue weighted by Crippen LogP contribution is 2.31. The minimum atomic E-state index is -5.06. The number of rotatable bonds is 3. The number of esters is 1. The second-order valence-corrected chi connectivity index (χ2v) is 3.33. The van der Waals surface area contributed by atoms with Gasteiger partial charge in [-0.05, 0) is 17.7 Å². The number of alkyl halides is 3. The lowest BCUT2D eigenvalue weighted by Gasteiger charge is -2.14. The predicted molar refractivity (Wildman–Crippen MR) is 55.1 cm³/mol. The first-order chi connectivity index (χ1) is 8.82. The lowest BCUT2D eigenvalue weighted by molar-refractivity contribution is -0.274. The number of aliphatic hydroxyl groups excluding tert-OH is 1. The molecule has 0 spiro atoms. The molecule has 1 rings (SSSR count). The van der Waals surface area contributed by atoms with Crippen molar-refractivity contribution in [3.8, 4) is 11.8 Å². The van der Waals surface area contributed by atoms with E-state index in [1.54, 1.807) is 0 Å². The molecule has 0 aromatic heterocycles. The van der Waals surface area contributed by atoms with Gasteiger partial charge in [-0.25, -0.2) is 4.79 Å². The van der Waals surface area contributed by atoms with Gasteiger partial charge < -0.3 is 14.6 Å². The molecule has 1 aromatic rings. The summed E-state index contributed by atoms with van der Waals surface area (Å²) in [7, 11) is 0.970. The van der Waals surface area contributed by atoms with Gasteiger partial charge in [-0.15, -0.1) is 13.2 Å². The largest absolute Gasteiger partial charge is 0.573 e. The van der Waals surface area contributed by atoms with Crippen LogP contribution in [-0.4, -0.2) is 24.5 Å². The van der Waals surface area contributed by atoms with E-state index >= 15 is 0 Å². The summed E-state index contributed by atoms with van der Waals surface area (Å²) in [6.45, 7) is -0.551. The van der Waals surface area contributed by atoms with Gasteiger partial charge in [-0.1, -0.05) is 0 Å². The summed E-state index contributed by atoms with van der Waals surface area (Å²) in [5.41, 5.74) is -1.02. The monoisotopic (exact) mass is 275 g/mol. The number of halogens is 3. The van der Waals surface area contributed by atoms with Crippen molar-refractivity contribution in [1.82, 2.24) is 0 Å². The van der Waals surface area contributed by atoms with Crippen molar-refractivity contribution in [1.29, 1.82) is 5.26 Å². The molecule has 0 saturated carbocycles. The zero-order chi connectivity index (χ0) is 14.6. The zero-order valence-electron chi connectivity index (χ0n) is 9.61. The summed E-state index contributed by atoms with van der Waals surface area (Å²) in [5, 5.41) is 17.7. The smallest absolute Gasteiger partial charge is 0.465 e. The molecule has 0 saturated heterocycles. The minimum Gasteiger partial charge on any atom is -0.465 e. The number of hydrogen-bond acceptors (Lipinski definition) is 5. The maximum absolute atomic E-state index is 12.3. The molecular weight excluding hydrogens is 267 g/mol. The summed E-state index contributed by atoms with van der Waals surface area (Å²) in [4.78, 5) is 11.4. The SMILES string of the molecule is COC(=O)c1cc(CO)cc(C#N)c1OC(F)(F)F. The van der Waals surface area contributed by atoms with E-state index in [-0.39, 0.29) is 5.56 Å². The molecule has 1 N–H and O–H groups in total. The van der Waals surface area contributed by atoms with Crippen LogP contribution in [0, 0.1) is 11.3 Å². The van der Waals surface area contributed by atoms with E-state index in [0.717, 1.165) is 19.2 Å². The third-order valence-electron chi connectivity index (χ3n) is 2.07. The number of benzene rings is 1. The first kappa shape index (κ1) is 14.8. The van der Waals surface area contributed by atoms with E-state index in [2.05, 4.69) is 9.47 Å². The van der Waals surface area contributed by atoms with Crippen LogP contribution in [0.2, 0.25) is 0 Å². The van der Waals surface area contributed by atoms with Crippen LogP contribution in [0.3, 0.4) is 0 Å². The molecular formula is C11H8F3NO4. The van der Waals surface area contributed by atoms with E-state index in [0.29, 0.717) is 0 Å². The molecule has 5 nitrogen and oxygen atoms in total. The molecule has 0 aliphatic rings. The molecule has 102 valence electrons. The Balaban J connectivity index is 3.47. The second kappa shape index (κ2) is 5.58. The van der Waals surface area contributed by atoms with Crippen LogP contribution < -0.4 is 4.74 Å². The van der Waals surface area contributed by atoms with Gasteiger partial charge in [0.15, 0.2) is 5.75 Å². The van der Waals surface area contributed by atoms with Gasteiger partial charge in [-0.3, -0.25) is 0 Å². The molecule has 0 atom stereocenters. The third-order valence-corrected chi connectivity index (χ3v) is 2.07. The standard InChI is InChI=1S/C11H8F3NO4/c1-18-10(17)8-3-6(5-16)2-7(4-15)9(8)19-11(12,13)14/h2-3,16H,5H2,1H3. The summed E-state index contributed by atoms with van der Waals surface area (Å²) in [6.07, 6.45) is -5.06. The Morgan fingerprint density at radius 1 is 1.47 bits per heavy atom. The van der Waals surface area contributed by atoms with Gasteiger partial charge >= 0.3 is 12.3 Å². The van der Waals surface area contributed by atoms with Crippen LogP contribution in [0.5, 0.6) is 5.75 Å². The molecule has 0 aliphatic heterocycles. The number of carbonyl (C=O) groups excluding carboxylic acids is 1. The molecule has 0 aliphatic carbocycles. The van der Waals surface area contributed by atoms with Crippen molar-refractivity contribution in [2.75, 3.05) is 7.11 Å². The van der Waals surface area contributed by atoms with Crippen LogP contribution in [0.4, 0.5) is 13.2 Å². The van der Waals surface area contributed by atoms with Gasteiger partial charge in [0.05, 0.1) is 19.3 Å². The Bertz CT molecular complexity index is 534. The molecule has 19 heavy (non-hydrogen) atoms. The lowest BCUT2D eigenvalue weighted by Crippen LogP contribution is -2.20. The van der Waals surface area contributed by atoms with Crippen molar-refractivity contribution in [2.45, 2.75) is 13.0 Å². The van der Waals surface area contributed by atoms with Crippen molar-refractivity contribution >= 4 is 5.97 Å². The van der Waals surface area contributed by atoms with E-state index in [1.807, 2.05) is 0 Å². The Morgan fingerprint density at radius 2 is 2.11 bits per heavy atom. The highest BCUT2D eigenvalue weighted by molar-refractivity contribution is 5.93. The van der Waals surface area contributed by atoms with Crippen molar-refractivity contribution in [3.05, 3.63) is 28.8 Å². The first-order valence-electron chi connectivity index (χ1n) is 4.84. The van der Waals surface area contributed by atoms with Crippen LogP contribution in [0.15, 0.2) is 12.1 Å². The van der Waals surface area contributed by atoms with Crippen molar-refractivity contribution < 1.29 is 32.5 Å². The zero-order valence-corrected chi connectivity index (χ0v) is 9.61. The highest BCUT2D eigenvalue weighted by atomic mass is 19.4. The molecule has 0 amide bonds. The molecule has 1 aromatic carbocycles. The molecule has 8 heteroatoms. The molecule has 0 radical (unpaired) electrons. The Hall–Kier alpha value is -2.27. The van der Waals surface area contributed by atoms with E-state index in [9.17, 15) is 18.0 Å². The lowest BCUT2D eigenvalue weighted by atomic mass is 10.0. The second-order valence-electron chi connectivity index (χ2n) is 3.33. The van der Waals surface area contributed by atoms with Crippen LogP contribution >= 0.6 is 0 Å². The summed E-state index contributed by atoms with van der Waals surface area (Å²) < 4.78 is 44.7. The molecule has 0 bridgehead atoms. The quantitative estimate of drug-likeness (QED) is 0.850. The Labute approximate surface area is 105 Å². The van der Waals surface area contributed by atoms with Gasteiger partial charge in [0.1, 0.15) is 11.6 Å². The van der Waals surface area contributed by atoms with Gasteiger partial charge in [0, 0.05) is 0 Å². The molecule has 0 heterocycles. The number of hydrogen-bond donors (Lipinski definition) is 1. The fourth-order valence-electron chi connectivity index (χ4n) is 1.35. The van der Waals surface area contributed by atoms with Crippen LogP contribution in [0.1, 0.15) is 21.5 Å². The van der Waals surface area contributed by atoms with E-state index in [1.165, 1.54) is 6.07 Å². The average molecular weight is 275 g/mol. The van der Waals surface area contributed by atoms with Gasteiger partial charge in [0.2, 0.25) is 0 Å². The Kier molecular flexibility index (Phi) is 4.34. The predicted octanol–water partition coefficient (Wildman–Crippen LogP) is 1.74. The van der Waals surface area contributed by atoms with E-state index in [4.69, 9.17) is 10.4 Å².